The van der Waals surface area contributed by atoms with Gasteiger partial charge in [-0.3, -0.25) is 0 Å². The van der Waals surface area contributed by atoms with Crippen LogP contribution in [0.2, 0.25) is 0 Å². The minimum absolute atomic E-state index is 0.407. The minimum Gasteiger partial charge on any atom is -0.488 e. The molecular weight excluding hydrogens is 238 g/mol. The molecule has 1 aromatic carbocycles. The number of hydrogen-bond donors (Lipinski definition) is 1. The van der Waals surface area contributed by atoms with Gasteiger partial charge in [0.25, 0.3) is 0 Å². The monoisotopic (exact) mass is 249 g/mol. The summed E-state index contributed by atoms with van der Waals surface area (Å²) >= 11 is 6.56. The van der Waals surface area contributed by atoms with Crippen molar-refractivity contribution in [2.75, 3.05) is 0 Å². The molecule has 0 fully saturated rings. The zero-order valence-corrected chi connectivity index (χ0v) is 10.2. The van der Waals surface area contributed by atoms with E-state index in [2.05, 4.69) is 0 Å². The molecule has 2 N–H and O–H groups in total. The molecule has 0 aliphatic heterocycles. The lowest BCUT2D eigenvalue weighted by atomic mass is 10.2. The smallest absolute Gasteiger partial charge is 0.122 e. The third-order valence-corrected chi connectivity index (χ3v) is 3.19. The zero-order chi connectivity index (χ0) is 11.4. The molecule has 2 nitrogen and oxygen atoms in total. The van der Waals surface area contributed by atoms with Gasteiger partial charge in [0.1, 0.15) is 17.3 Å². The Balaban J connectivity index is 1.98. The highest BCUT2D eigenvalue weighted by Gasteiger charge is 1.98. The van der Waals surface area contributed by atoms with E-state index >= 15 is 0 Å². The number of rotatable bonds is 4. The molecule has 2 rings (SSSR count). The molecule has 0 saturated carbocycles. The van der Waals surface area contributed by atoms with Crippen LogP contribution >= 0.6 is 23.6 Å². The summed E-state index contributed by atoms with van der Waals surface area (Å²) in [4.78, 5) is 1.61. The fourth-order valence-corrected chi connectivity index (χ4v) is 2.02. The fourth-order valence-electron chi connectivity index (χ4n) is 1.26. The molecule has 1 heterocycles. The van der Waals surface area contributed by atoms with Gasteiger partial charge in [0, 0.05) is 10.4 Å². The molecule has 82 valence electrons. The maximum atomic E-state index is 5.61. The molecule has 4 heteroatoms. The lowest BCUT2D eigenvalue weighted by Crippen LogP contribution is -2.08. The van der Waals surface area contributed by atoms with Crippen LogP contribution in [0.25, 0.3) is 0 Å². The summed E-state index contributed by atoms with van der Waals surface area (Å²) < 4.78 is 5.61. The molecule has 0 aliphatic carbocycles. The van der Waals surface area contributed by atoms with Crippen LogP contribution in [0.1, 0.15) is 10.4 Å². The number of nitrogens with two attached hydrogens (primary N) is 1. The Bertz CT molecular complexity index is 462. The van der Waals surface area contributed by atoms with Gasteiger partial charge in [-0.1, -0.05) is 18.3 Å². The summed E-state index contributed by atoms with van der Waals surface area (Å²) in [6.07, 6.45) is 0. The third kappa shape index (κ3) is 2.81. The van der Waals surface area contributed by atoms with Crippen LogP contribution in [0, 0.1) is 0 Å². The summed E-state index contributed by atoms with van der Waals surface area (Å²) in [5, 5.41) is 2.04. The number of thiocarbonyl (C=S) groups is 1. The Hall–Kier alpha value is -1.39. The van der Waals surface area contributed by atoms with Gasteiger partial charge in [-0.15, -0.1) is 11.3 Å². The second kappa shape index (κ2) is 5.09. The number of benzene rings is 1. The first-order valence-corrected chi connectivity index (χ1v) is 6.09. The minimum atomic E-state index is 0.407. The highest BCUT2D eigenvalue weighted by Crippen LogP contribution is 2.16. The molecule has 0 bridgehead atoms. The van der Waals surface area contributed by atoms with E-state index in [-0.39, 0.29) is 0 Å². The Labute approximate surface area is 104 Å². The second-order valence-electron chi connectivity index (χ2n) is 3.26. The highest BCUT2D eigenvalue weighted by atomic mass is 32.1. The predicted molar refractivity (Wildman–Crippen MR) is 71.0 cm³/mol. The normalized spacial score (nSPS) is 10.0. The molecule has 0 saturated heterocycles. The van der Waals surface area contributed by atoms with Gasteiger partial charge >= 0.3 is 0 Å². The van der Waals surface area contributed by atoms with Crippen LogP contribution in [0.4, 0.5) is 0 Å². The van der Waals surface area contributed by atoms with Crippen molar-refractivity contribution in [1.82, 2.24) is 0 Å². The van der Waals surface area contributed by atoms with Crippen molar-refractivity contribution in [1.29, 1.82) is 0 Å². The first-order valence-electron chi connectivity index (χ1n) is 4.81. The molecule has 0 aliphatic rings. The van der Waals surface area contributed by atoms with Crippen LogP contribution in [0.5, 0.6) is 5.75 Å². The van der Waals surface area contributed by atoms with Crippen LogP contribution in [0.3, 0.4) is 0 Å². The third-order valence-electron chi connectivity index (χ3n) is 2.10. The van der Waals surface area contributed by atoms with Crippen molar-refractivity contribution in [3.8, 4) is 5.75 Å². The Morgan fingerprint density at radius 1 is 1.25 bits per heavy atom. The lowest BCUT2D eigenvalue weighted by Gasteiger charge is -2.05. The van der Waals surface area contributed by atoms with E-state index in [1.807, 2.05) is 41.8 Å². The van der Waals surface area contributed by atoms with E-state index in [9.17, 15) is 0 Å². The molecule has 0 unspecified atom stereocenters. The van der Waals surface area contributed by atoms with E-state index < -0.39 is 0 Å². The molecule has 16 heavy (non-hydrogen) atoms. The Morgan fingerprint density at radius 2 is 2.00 bits per heavy atom. The molecule has 1 aromatic heterocycles. The molecule has 0 atom stereocenters. The summed E-state index contributed by atoms with van der Waals surface area (Å²) in [5.41, 5.74) is 6.37. The molecule has 0 amide bonds. The second-order valence-corrected chi connectivity index (χ2v) is 4.73. The highest BCUT2D eigenvalue weighted by molar-refractivity contribution is 7.80. The van der Waals surface area contributed by atoms with Gasteiger partial charge in [-0.2, -0.15) is 0 Å². The van der Waals surface area contributed by atoms with Gasteiger partial charge in [0.2, 0.25) is 0 Å². The standard InChI is InChI=1S/C12H11NOS2/c13-12(15)9-3-5-10(6-4-9)14-8-11-2-1-7-16-11/h1-7H,8H2,(H2,13,15). The summed E-state index contributed by atoms with van der Waals surface area (Å²) in [6, 6.07) is 11.6. The van der Waals surface area contributed by atoms with Gasteiger partial charge in [0.15, 0.2) is 0 Å². The summed E-state index contributed by atoms with van der Waals surface area (Å²) in [5.74, 6) is 0.827. The maximum absolute atomic E-state index is 5.61. The number of thiophene rings is 1. The maximum Gasteiger partial charge on any atom is 0.122 e. The average Bonchev–Trinajstić information content (AvgIpc) is 2.80. The van der Waals surface area contributed by atoms with Gasteiger partial charge in [-0.05, 0) is 35.7 Å². The number of hydrogen-bond acceptors (Lipinski definition) is 3. The van der Waals surface area contributed by atoms with Crippen molar-refractivity contribution in [2.24, 2.45) is 5.73 Å². The first-order chi connectivity index (χ1) is 7.75. The van der Waals surface area contributed by atoms with E-state index in [1.54, 1.807) is 11.3 Å². The average molecular weight is 249 g/mol. The quantitative estimate of drug-likeness (QED) is 0.846. The zero-order valence-electron chi connectivity index (χ0n) is 8.55. The Morgan fingerprint density at radius 3 is 2.56 bits per heavy atom. The van der Waals surface area contributed by atoms with Crippen LogP contribution in [0.15, 0.2) is 41.8 Å². The van der Waals surface area contributed by atoms with Crippen molar-refractivity contribution < 1.29 is 4.74 Å². The summed E-state index contributed by atoms with van der Waals surface area (Å²) in [6.45, 7) is 0.601. The van der Waals surface area contributed by atoms with Crippen LogP contribution < -0.4 is 10.5 Å². The van der Waals surface area contributed by atoms with Gasteiger partial charge < -0.3 is 10.5 Å². The van der Waals surface area contributed by atoms with E-state index in [4.69, 9.17) is 22.7 Å². The molecule has 2 aromatic rings. The van der Waals surface area contributed by atoms with E-state index in [1.165, 1.54) is 4.88 Å². The largest absolute Gasteiger partial charge is 0.488 e. The van der Waals surface area contributed by atoms with Gasteiger partial charge in [-0.25, -0.2) is 0 Å². The lowest BCUT2D eigenvalue weighted by molar-refractivity contribution is 0.310. The van der Waals surface area contributed by atoms with Crippen molar-refractivity contribution in [2.45, 2.75) is 6.61 Å². The molecule has 0 radical (unpaired) electrons. The van der Waals surface area contributed by atoms with Crippen LogP contribution in [-0.2, 0) is 6.61 Å². The predicted octanol–water partition coefficient (Wildman–Crippen LogP) is 2.96. The Kier molecular flexibility index (Phi) is 3.54. The van der Waals surface area contributed by atoms with Crippen LogP contribution in [-0.4, -0.2) is 4.99 Å². The van der Waals surface area contributed by atoms with Crippen molar-refractivity contribution >= 4 is 28.5 Å². The fraction of sp³-hybridized carbons (Fsp3) is 0.0833. The van der Waals surface area contributed by atoms with E-state index in [0.29, 0.717) is 11.6 Å². The summed E-state index contributed by atoms with van der Waals surface area (Å²) in [7, 11) is 0. The van der Waals surface area contributed by atoms with Crippen molar-refractivity contribution in [3.05, 3.63) is 52.2 Å². The topological polar surface area (TPSA) is 35.2 Å². The number of ether oxygens (including phenoxy) is 1. The van der Waals surface area contributed by atoms with Crippen molar-refractivity contribution in [3.63, 3.8) is 0 Å². The first kappa shape index (κ1) is 11.1. The SMILES string of the molecule is NC(=S)c1ccc(OCc2cccs2)cc1. The van der Waals surface area contributed by atoms with Gasteiger partial charge in [0.05, 0.1) is 0 Å². The van der Waals surface area contributed by atoms with E-state index in [0.717, 1.165) is 11.3 Å². The molecule has 0 spiro atoms. The molecular formula is C12H11NOS2.